The van der Waals surface area contributed by atoms with Crippen LogP contribution in [0.1, 0.15) is 11.3 Å². The number of carbonyl (C=O) groups excluding carboxylic acids is 1. The lowest BCUT2D eigenvalue weighted by molar-refractivity contribution is -0.130. The SMILES string of the molecule is Cc1ccc(Cl)cc1N1CCN(C(=O)Cc2csc(Nc3ccc(S(C)(=O)=O)cc3)n2)CC1. The molecule has 33 heavy (non-hydrogen) atoms. The van der Waals surface area contributed by atoms with Crippen LogP contribution in [0.2, 0.25) is 5.02 Å². The number of aryl methyl sites for hydroxylation is 1. The van der Waals surface area contributed by atoms with Crippen molar-refractivity contribution in [3.63, 3.8) is 0 Å². The Bertz CT molecular complexity index is 1250. The maximum absolute atomic E-state index is 12.8. The Labute approximate surface area is 202 Å². The zero-order chi connectivity index (χ0) is 23.6. The molecule has 0 spiro atoms. The van der Waals surface area contributed by atoms with Gasteiger partial charge in [-0.2, -0.15) is 0 Å². The van der Waals surface area contributed by atoms with E-state index in [-0.39, 0.29) is 17.2 Å². The summed E-state index contributed by atoms with van der Waals surface area (Å²) in [6.45, 7) is 4.91. The van der Waals surface area contributed by atoms with E-state index in [1.54, 1.807) is 24.3 Å². The maximum Gasteiger partial charge on any atom is 0.228 e. The molecule has 0 aliphatic carbocycles. The van der Waals surface area contributed by atoms with Crippen molar-refractivity contribution in [3.8, 4) is 0 Å². The van der Waals surface area contributed by atoms with Gasteiger partial charge < -0.3 is 15.1 Å². The number of nitrogens with zero attached hydrogens (tertiary/aromatic N) is 3. The molecule has 1 N–H and O–H groups in total. The first-order chi connectivity index (χ1) is 15.7. The Morgan fingerprint density at radius 2 is 1.82 bits per heavy atom. The van der Waals surface area contributed by atoms with Crippen LogP contribution in [0.3, 0.4) is 0 Å². The third-order valence-corrected chi connectivity index (χ3v) is 7.73. The van der Waals surface area contributed by atoms with E-state index < -0.39 is 9.84 Å². The lowest BCUT2D eigenvalue weighted by Gasteiger charge is -2.36. The highest BCUT2D eigenvalue weighted by Gasteiger charge is 2.23. The van der Waals surface area contributed by atoms with Crippen molar-refractivity contribution >= 4 is 55.2 Å². The average molecular weight is 505 g/mol. The minimum absolute atomic E-state index is 0.0619. The van der Waals surface area contributed by atoms with Gasteiger partial charge in [-0.1, -0.05) is 17.7 Å². The number of carbonyl (C=O) groups is 1. The molecule has 1 saturated heterocycles. The highest BCUT2D eigenvalue weighted by Crippen LogP contribution is 2.26. The predicted octanol–water partition coefficient (Wildman–Crippen LogP) is 4.14. The minimum Gasteiger partial charge on any atom is -0.368 e. The van der Waals surface area contributed by atoms with E-state index in [0.29, 0.717) is 28.9 Å². The fourth-order valence-electron chi connectivity index (χ4n) is 3.74. The van der Waals surface area contributed by atoms with Gasteiger partial charge in [-0.05, 0) is 48.9 Å². The molecule has 10 heteroatoms. The summed E-state index contributed by atoms with van der Waals surface area (Å²) in [6, 6.07) is 12.4. The first kappa shape index (κ1) is 23.5. The molecule has 1 aromatic heterocycles. The number of hydrogen-bond donors (Lipinski definition) is 1. The number of hydrogen-bond acceptors (Lipinski definition) is 7. The van der Waals surface area contributed by atoms with Crippen LogP contribution in [-0.2, 0) is 21.1 Å². The number of halogens is 1. The quantitative estimate of drug-likeness (QED) is 0.543. The van der Waals surface area contributed by atoms with Gasteiger partial charge in [0.05, 0.1) is 17.0 Å². The van der Waals surface area contributed by atoms with E-state index in [0.717, 1.165) is 24.5 Å². The highest BCUT2D eigenvalue weighted by molar-refractivity contribution is 7.90. The van der Waals surface area contributed by atoms with Gasteiger partial charge in [-0.25, -0.2) is 13.4 Å². The molecular weight excluding hydrogens is 480 g/mol. The summed E-state index contributed by atoms with van der Waals surface area (Å²) in [5.74, 6) is 0.0619. The van der Waals surface area contributed by atoms with Gasteiger partial charge in [0.25, 0.3) is 0 Å². The second-order valence-electron chi connectivity index (χ2n) is 8.04. The van der Waals surface area contributed by atoms with Gasteiger partial charge in [-0.3, -0.25) is 4.79 Å². The summed E-state index contributed by atoms with van der Waals surface area (Å²) in [6.07, 6.45) is 1.43. The number of benzene rings is 2. The summed E-state index contributed by atoms with van der Waals surface area (Å²) in [5, 5.41) is 6.41. The minimum atomic E-state index is -3.23. The van der Waals surface area contributed by atoms with E-state index >= 15 is 0 Å². The first-order valence-electron chi connectivity index (χ1n) is 10.5. The van der Waals surface area contributed by atoms with E-state index in [1.165, 1.54) is 23.2 Å². The van der Waals surface area contributed by atoms with Gasteiger partial charge in [-0.15, -0.1) is 11.3 Å². The number of thiazole rings is 1. The zero-order valence-electron chi connectivity index (χ0n) is 18.4. The normalized spacial score (nSPS) is 14.4. The van der Waals surface area contributed by atoms with Gasteiger partial charge in [0.1, 0.15) is 0 Å². The van der Waals surface area contributed by atoms with Crippen molar-refractivity contribution in [2.45, 2.75) is 18.2 Å². The van der Waals surface area contributed by atoms with Crippen molar-refractivity contribution in [2.24, 2.45) is 0 Å². The summed E-state index contributed by atoms with van der Waals surface area (Å²) in [7, 11) is -3.23. The highest BCUT2D eigenvalue weighted by atomic mass is 35.5. The molecule has 7 nitrogen and oxygen atoms in total. The zero-order valence-corrected chi connectivity index (χ0v) is 20.8. The fraction of sp³-hybridized carbons (Fsp3) is 0.304. The third kappa shape index (κ3) is 5.85. The smallest absolute Gasteiger partial charge is 0.228 e. The van der Waals surface area contributed by atoms with Gasteiger partial charge >= 0.3 is 0 Å². The molecule has 1 fully saturated rings. The Morgan fingerprint density at radius 1 is 1.12 bits per heavy atom. The average Bonchev–Trinajstić information content (AvgIpc) is 3.22. The van der Waals surface area contributed by atoms with Crippen LogP contribution < -0.4 is 10.2 Å². The van der Waals surface area contributed by atoms with Crippen LogP contribution in [0.4, 0.5) is 16.5 Å². The van der Waals surface area contributed by atoms with E-state index in [9.17, 15) is 13.2 Å². The van der Waals surface area contributed by atoms with Crippen LogP contribution in [0.5, 0.6) is 0 Å². The molecule has 1 aliphatic heterocycles. The lowest BCUT2D eigenvalue weighted by Crippen LogP contribution is -2.49. The van der Waals surface area contributed by atoms with Crippen molar-refractivity contribution in [2.75, 3.05) is 42.7 Å². The molecular formula is C23H25ClN4O3S2. The molecule has 0 unspecified atom stereocenters. The number of rotatable bonds is 6. The third-order valence-electron chi connectivity index (χ3n) is 5.56. The van der Waals surface area contributed by atoms with E-state index in [2.05, 4.69) is 22.1 Å². The number of nitrogens with one attached hydrogen (secondary N) is 1. The summed E-state index contributed by atoms with van der Waals surface area (Å²) >= 11 is 7.57. The largest absolute Gasteiger partial charge is 0.368 e. The molecule has 0 bridgehead atoms. The number of sulfone groups is 1. The fourth-order valence-corrected chi connectivity index (χ4v) is 5.27. The lowest BCUT2D eigenvalue weighted by atomic mass is 10.1. The van der Waals surface area contributed by atoms with E-state index in [4.69, 9.17) is 11.6 Å². The molecule has 0 saturated carbocycles. The number of piperazine rings is 1. The van der Waals surface area contributed by atoms with Crippen molar-refractivity contribution in [1.29, 1.82) is 0 Å². The molecule has 0 atom stereocenters. The molecule has 174 valence electrons. The topological polar surface area (TPSA) is 82.6 Å². The Balaban J connectivity index is 1.31. The molecule has 2 heterocycles. The molecule has 0 radical (unpaired) electrons. The molecule has 2 aromatic carbocycles. The summed E-state index contributed by atoms with van der Waals surface area (Å²) in [4.78, 5) is 21.7. The first-order valence-corrected chi connectivity index (χ1v) is 13.6. The van der Waals surface area contributed by atoms with Crippen molar-refractivity contribution in [3.05, 3.63) is 64.1 Å². The van der Waals surface area contributed by atoms with Crippen molar-refractivity contribution < 1.29 is 13.2 Å². The Kier molecular flexibility index (Phi) is 6.92. The Hall–Kier alpha value is -2.62. The van der Waals surface area contributed by atoms with Gasteiger partial charge in [0.2, 0.25) is 5.91 Å². The van der Waals surface area contributed by atoms with Crippen molar-refractivity contribution in [1.82, 2.24) is 9.88 Å². The van der Waals surface area contributed by atoms with Crippen LogP contribution in [-0.4, -0.2) is 56.6 Å². The van der Waals surface area contributed by atoms with Crippen LogP contribution >= 0.6 is 22.9 Å². The van der Waals surface area contributed by atoms with Gasteiger partial charge in [0.15, 0.2) is 15.0 Å². The van der Waals surface area contributed by atoms with Gasteiger partial charge in [0, 0.05) is 54.2 Å². The number of aromatic nitrogens is 1. The monoisotopic (exact) mass is 504 g/mol. The van der Waals surface area contributed by atoms with Crippen LogP contribution in [0.25, 0.3) is 0 Å². The summed E-state index contributed by atoms with van der Waals surface area (Å²) < 4.78 is 23.2. The van der Waals surface area contributed by atoms with E-state index in [1.807, 2.05) is 28.5 Å². The standard InChI is InChI=1S/C23H25ClN4O3S2/c1-16-3-4-17(24)13-21(16)27-9-11-28(12-10-27)22(29)14-19-15-32-23(26-19)25-18-5-7-20(8-6-18)33(2,30)31/h3-8,13,15H,9-12,14H2,1-2H3,(H,25,26). The molecule has 3 aromatic rings. The molecule has 1 aliphatic rings. The molecule has 4 rings (SSSR count). The second-order valence-corrected chi connectivity index (χ2v) is 11.4. The molecule has 1 amide bonds. The second kappa shape index (κ2) is 9.70. The van der Waals surface area contributed by atoms with Crippen LogP contribution in [0.15, 0.2) is 52.7 Å². The summed E-state index contributed by atoms with van der Waals surface area (Å²) in [5.41, 5.74) is 3.75. The number of amides is 1. The maximum atomic E-state index is 12.8. The Morgan fingerprint density at radius 3 is 2.48 bits per heavy atom. The van der Waals surface area contributed by atoms with Crippen LogP contribution in [0, 0.1) is 6.92 Å². The number of anilines is 3. The predicted molar refractivity (Wildman–Crippen MR) is 134 cm³/mol.